The maximum absolute atomic E-state index is 11.7. The van der Waals surface area contributed by atoms with Gasteiger partial charge in [-0.2, -0.15) is 0 Å². The quantitative estimate of drug-likeness (QED) is 0.716. The number of hydrogen-bond donors (Lipinski definition) is 0. The van der Waals surface area contributed by atoms with E-state index in [1.807, 2.05) is 6.92 Å². The predicted octanol–water partition coefficient (Wildman–Crippen LogP) is 1.78. The molecule has 0 aliphatic heterocycles. The van der Waals surface area contributed by atoms with Crippen molar-refractivity contribution in [3.8, 4) is 0 Å². The van der Waals surface area contributed by atoms with Gasteiger partial charge in [0.05, 0.1) is 0 Å². The molecule has 0 spiro atoms. The van der Waals surface area contributed by atoms with Crippen molar-refractivity contribution in [1.29, 1.82) is 0 Å². The SMILES string of the molecule is CC(Cl)CN(C)C(=O)c1ccccn1. The van der Waals surface area contributed by atoms with Gasteiger partial charge in [0.1, 0.15) is 5.69 Å². The maximum atomic E-state index is 11.7. The fourth-order valence-corrected chi connectivity index (χ4v) is 1.35. The van der Waals surface area contributed by atoms with E-state index in [0.717, 1.165) is 0 Å². The lowest BCUT2D eigenvalue weighted by molar-refractivity contribution is 0.0790. The van der Waals surface area contributed by atoms with Crippen molar-refractivity contribution in [1.82, 2.24) is 9.88 Å². The minimum absolute atomic E-state index is 0.0485. The molecule has 3 nitrogen and oxygen atoms in total. The van der Waals surface area contributed by atoms with Crippen LogP contribution < -0.4 is 0 Å². The smallest absolute Gasteiger partial charge is 0.272 e. The van der Waals surface area contributed by atoms with Crippen molar-refractivity contribution >= 4 is 17.5 Å². The summed E-state index contributed by atoms with van der Waals surface area (Å²) in [5, 5.41) is -0.0485. The number of hydrogen-bond acceptors (Lipinski definition) is 2. The van der Waals surface area contributed by atoms with Crippen LogP contribution in [-0.4, -0.2) is 34.8 Å². The molecule has 1 unspecified atom stereocenters. The van der Waals surface area contributed by atoms with Gasteiger partial charge in [0.2, 0.25) is 0 Å². The van der Waals surface area contributed by atoms with Gasteiger partial charge < -0.3 is 4.90 Å². The van der Waals surface area contributed by atoms with Gasteiger partial charge in [-0.15, -0.1) is 11.6 Å². The number of aromatic nitrogens is 1. The molecule has 0 bridgehead atoms. The van der Waals surface area contributed by atoms with Crippen LogP contribution in [0.3, 0.4) is 0 Å². The molecule has 0 saturated heterocycles. The van der Waals surface area contributed by atoms with Gasteiger partial charge in [-0.05, 0) is 19.1 Å². The van der Waals surface area contributed by atoms with E-state index in [-0.39, 0.29) is 11.3 Å². The van der Waals surface area contributed by atoms with E-state index in [1.165, 1.54) is 0 Å². The summed E-state index contributed by atoms with van der Waals surface area (Å²) in [5.74, 6) is -0.0990. The molecule has 0 aliphatic carbocycles. The number of rotatable bonds is 3. The van der Waals surface area contributed by atoms with Crippen LogP contribution in [0.5, 0.6) is 0 Å². The van der Waals surface area contributed by atoms with Crippen LogP contribution in [0.2, 0.25) is 0 Å². The van der Waals surface area contributed by atoms with E-state index in [4.69, 9.17) is 11.6 Å². The summed E-state index contributed by atoms with van der Waals surface area (Å²) in [6.07, 6.45) is 1.60. The number of pyridine rings is 1. The Morgan fingerprint density at radius 1 is 1.64 bits per heavy atom. The molecular weight excluding hydrogens is 200 g/mol. The van der Waals surface area contributed by atoms with Crippen LogP contribution in [0.15, 0.2) is 24.4 Å². The van der Waals surface area contributed by atoms with Gasteiger partial charge in [-0.25, -0.2) is 0 Å². The molecule has 1 aromatic rings. The van der Waals surface area contributed by atoms with Crippen molar-refractivity contribution in [2.75, 3.05) is 13.6 Å². The Balaban J connectivity index is 2.66. The minimum atomic E-state index is -0.0990. The highest BCUT2D eigenvalue weighted by Crippen LogP contribution is 2.02. The van der Waals surface area contributed by atoms with Gasteiger partial charge in [0, 0.05) is 25.2 Å². The number of alkyl halides is 1. The van der Waals surface area contributed by atoms with Gasteiger partial charge in [-0.3, -0.25) is 9.78 Å². The lowest BCUT2D eigenvalue weighted by Gasteiger charge is -2.17. The molecule has 76 valence electrons. The van der Waals surface area contributed by atoms with E-state index in [0.29, 0.717) is 12.2 Å². The standard InChI is InChI=1S/C10H13ClN2O/c1-8(11)7-13(2)10(14)9-5-3-4-6-12-9/h3-6,8H,7H2,1-2H3. The highest BCUT2D eigenvalue weighted by atomic mass is 35.5. The third-order valence-electron chi connectivity index (χ3n) is 1.76. The molecule has 4 heteroatoms. The average molecular weight is 213 g/mol. The first-order chi connectivity index (χ1) is 6.61. The summed E-state index contributed by atoms with van der Waals surface area (Å²) < 4.78 is 0. The third-order valence-corrected chi connectivity index (χ3v) is 1.89. The van der Waals surface area contributed by atoms with Crippen molar-refractivity contribution in [2.24, 2.45) is 0 Å². The van der Waals surface area contributed by atoms with E-state index < -0.39 is 0 Å². The predicted molar refractivity (Wildman–Crippen MR) is 56.5 cm³/mol. The zero-order chi connectivity index (χ0) is 10.6. The van der Waals surface area contributed by atoms with Gasteiger partial charge >= 0.3 is 0 Å². The first-order valence-electron chi connectivity index (χ1n) is 4.42. The Bertz CT molecular complexity index is 300. The zero-order valence-corrected chi connectivity index (χ0v) is 9.03. The fraction of sp³-hybridized carbons (Fsp3) is 0.400. The van der Waals surface area contributed by atoms with E-state index in [1.54, 1.807) is 36.3 Å². The summed E-state index contributed by atoms with van der Waals surface area (Å²) >= 11 is 5.79. The molecule has 0 N–H and O–H groups in total. The van der Waals surface area contributed by atoms with Gasteiger partial charge in [0.25, 0.3) is 5.91 Å². The maximum Gasteiger partial charge on any atom is 0.272 e. The van der Waals surface area contributed by atoms with Crippen LogP contribution in [0, 0.1) is 0 Å². The first kappa shape index (κ1) is 11.0. The molecule has 0 saturated carbocycles. The second-order valence-corrected chi connectivity index (χ2v) is 3.93. The molecular formula is C10H13ClN2O. The van der Waals surface area contributed by atoms with E-state index in [9.17, 15) is 4.79 Å². The van der Waals surface area contributed by atoms with Crippen LogP contribution in [-0.2, 0) is 0 Å². The first-order valence-corrected chi connectivity index (χ1v) is 4.85. The van der Waals surface area contributed by atoms with Crippen LogP contribution in [0.25, 0.3) is 0 Å². The number of amides is 1. The molecule has 1 heterocycles. The summed E-state index contributed by atoms with van der Waals surface area (Å²) in [6.45, 7) is 2.38. The lowest BCUT2D eigenvalue weighted by Crippen LogP contribution is -2.31. The highest BCUT2D eigenvalue weighted by Gasteiger charge is 2.13. The summed E-state index contributed by atoms with van der Waals surface area (Å²) in [4.78, 5) is 17.2. The molecule has 0 radical (unpaired) electrons. The summed E-state index contributed by atoms with van der Waals surface area (Å²) in [5.41, 5.74) is 0.451. The molecule has 1 atom stereocenters. The summed E-state index contributed by atoms with van der Waals surface area (Å²) in [7, 11) is 1.72. The number of nitrogens with zero attached hydrogens (tertiary/aromatic N) is 2. The molecule has 0 fully saturated rings. The molecule has 14 heavy (non-hydrogen) atoms. The van der Waals surface area contributed by atoms with Crippen LogP contribution in [0.4, 0.5) is 0 Å². The Kier molecular flexibility index (Phi) is 3.89. The van der Waals surface area contributed by atoms with E-state index in [2.05, 4.69) is 4.98 Å². The second-order valence-electron chi connectivity index (χ2n) is 3.18. The fourth-order valence-electron chi connectivity index (χ4n) is 1.15. The average Bonchev–Trinajstić information content (AvgIpc) is 2.17. The van der Waals surface area contributed by atoms with Crippen LogP contribution in [0.1, 0.15) is 17.4 Å². The molecule has 1 rings (SSSR count). The Morgan fingerprint density at radius 3 is 2.86 bits per heavy atom. The Hall–Kier alpha value is -1.09. The molecule has 1 aromatic heterocycles. The molecule has 0 aromatic carbocycles. The van der Waals surface area contributed by atoms with Gasteiger partial charge in [-0.1, -0.05) is 6.07 Å². The Labute approximate surface area is 88.7 Å². The van der Waals surface area contributed by atoms with Crippen molar-refractivity contribution < 1.29 is 4.79 Å². The summed E-state index contributed by atoms with van der Waals surface area (Å²) in [6, 6.07) is 5.26. The van der Waals surface area contributed by atoms with Crippen molar-refractivity contribution in [2.45, 2.75) is 12.3 Å². The zero-order valence-electron chi connectivity index (χ0n) is 8.27. The minimum Gasteiger partial charge on any atom is -0.339 e. The van der Waals surface area contributed by atoms with Crippen molar-refractivity contribution in [3.05, 3.63) is 30.1 Å². The molecule has 0 aliphatic rings. The topological polar surface area (TPSA) is 33.2 Å². The lowest BCUT2D eigenvalue weighted by atomic mass is 10.3. The number of carbonyl (C=O) groups is 1. The number of halogens is 1. The largest absolute Gasteiger partial charge is 0.339 e. The van der Waals surface area contributed by atoms with E-state index >= 15 is 0 Å². The monoisotopic (exact) mass is 212 g/mol. The van der Waals surface area contributed by atoms with Gasteiger partial charge in [0.15, 0.2) is 0 Å². The third kappa shape index (κ3) is 3.00. The van der Waals surface area contributed by atoms with Crippen molar-refractivity contribution in [3.63, 3.8) is 0 Å². The van der Waals surface area contributed by atoms with Crippen LogP contribution >= 0.6 is 11.6 Å². The Morgan fingerprint density at radius 2 is 2.36 bits per heavy atom. The second kappa shape index (κ2) is 4.96. The normalized spacial score (nSPS) is 12.2. The number of carbonyl (C=O) groups excluding carboxylic acids is 1. The highest BCUT2D eigenvalue weighted by molar-refractivity contribution is 6.20. The molecule has 1 amide bonds.